The lowest BCUT2D eigenvalue weighted by atomic mass is 10.1. The Kier molecular flexibility index (Phi) is 5.42. The Balaban J connectivity index is 1.62. The van der Waals surface area contributed by atoms with Gasteiger partial charge in [0.2, 0.25) is 0 Å². The summed E-state index contributed by atoms with van der Waals surface area (Å²) in [5.74, 6) is -0.462. The van der Waals surface area contributed by atoms with Crippen LogP contribution in [0.1, 0.15) is 11.1 Å². The standard InChI is InChI=1S/C17H20N4O4/c22-17(21(23)24)15-5-7-18-16(19-15)14-3-1-13(2-4-14)6-8-20-9-11-25-12-10-20/h1-5,7,22H,6,8-12H2,(H,18,19). The minimum Gasteiger partial charge on any atom is -0.454 e. The highest BCUT2D eigenvalue weighted by Crippen LogP contribution is 2.12. The Morgan fingerprint density at radius 2 is 2.04 bits per heavy atom. The summed E-state index contributed by atoms with van der Waals surface area (Å²) in [6, 6.07) is 7.88. The third-order valence-electron chi connectivity index (χ3n) is 4.16. The number of aliphatic hydroxyl groups excluding tert-OH is 1. The van der Waals surface area contributed by atoms with E-state index in [2.05, 4.69) is 15.2 Å². The van der Waals surface area contributed by atoms with Gasteiger partial charge >= 0.3 is 5.88 Å². The molecule has 0 bridgehead atoms. The number of allylic oxidation sites excluding steroid dienone is 1. The number of benzene rings is 1. The average molecular weight is 344 g/mol. The molecule has 0 aromatic heterocycles. The van der Waals surface area contributed by atoms with Crippen LogP contribution < -0.4 is 5.32 Å². The quantitative estimate of drug-likeness (QED) is 0.476. The van der Waals surface area contributed by atoms with E-state index in [4.69, 9.17) is 4.74 Å². The number of nitrogens with one attached hydrogen (secondary N) is 1. The van der Waals surface area contributed by atoms with Crippen molar-refractivity contribution < 1.29 is 14.8 Å². The maximum atomic E-state index is 10.7. The molecule has 0 aliphatic carbocycles. The van der Waals surface area contributed by atoms with Crippen molar-refractivity contribution in [1.82, 2.24) is 10.2 Å². The van der Waals surface area contributed by atoms with Crippen LogP contribution in [-0.4, -0.2) is 53.6 Å². The summed E-state index contributed by atoms with van der Waals surface area (Å²) in [4.78, 5) is 16.4. The van der Waals surface area contributed by atoms with Crippen molar-refractivity contribution in [2.75, 3.05) is 32.8 Å². The molecule has 2 aliphatic rings. The summed E-state index contributed by atoms with van der Waals surface area (Å²) < 4.78 is 5.34. The Labute approximate surface area is 145 Å². The van der Waals surface area contributed by atoms with E-state index in [1.54, 1.807) is 0 Å². The summed E-state index contributed by atoms with van der Waals surface area (Å²) in [5.41, 5.74) is 2.03. The van der Waals surface area contributed by atoms with Gasteiger partial charge in [-0.2, -0.15) is 0 Å². The van der Waals surface area contributed by atoms with E-state index in [-0.39, 0.29) is 5.70 Å². The molecule has 3 rings (SSSR count). The van der Waals surface area contributed by atoms with Gasteiger partial charge in [-0.3, -0.25) is 15.0 Å². The molecule has 25 heavy (non-hydrogen) atoms. The van der Waals surface area contributed by atoms with Gasteiger partial charge in [-0.15, -0.1) is 0 Å². The molecule has 132 valence electrons. The average Bonchev–Trinajstić information content (AvgIpc) is 2.67. The van der Waals surface area contributed by atoms with Crippen LogP contribution in [0.3, 0.4) is 0 Å². The highest BCUT2D eigenvalue weighted by Gasteiger charge is 2.19. The molecule has 0 atom stereocenters. The molecule has 0 radical (unpaired) electrons. The molecule has 1 fully saturated rings. The van der Waals surface area contributed by atoms with Gasteiger partial charge in [0.05, 0.1) is 13.2 Å². The second-order valence-electron chi connectivity index (χ2n) is 5.81. The number of rotatable bonds is 5. The van der Waals surface area contributed by atoms with Gasteiger partial charge in [-0.1, -0.05) is 24.3 Å². The van der Waals surface area contributed by atoms with E-state index >= 15 is 0 Å². The van der Waals surface area contributed by atoms with E-state index < -0.39 is 10.8 Å². The Bertz CT molecular complexity index is 719. The van der Waals surface area contributed by atoms with Gasteiger partial charge in [0, 0.05) is 31.4 Å². The summed E-state index contributed by atoms with van der Waals surface area (Å²) in [5, 5.41) is 22.9. The Morgan fingerprint density at radius 1 is 1.32 bits per heavy atom. The molecule has 2 heterocycles. The first-order chi connectivity index (χ1) is 12.1. The lowest BCUT2D eigenvalue weighted by Crippen LogP contribution is -2.37. The molecular formula is C17H20N4O4. The molecule has 1 saturated heterocycles. The molecular weight excluding hydrogens is 324 g/mol. The first kappa shape index (κ1) is 17.1. The molecule has 1 aromatic carbocycles. The SMILES string of the molecule is O=[N+]([O-])C(O)=C1C=CN=C(c2ccc(CCN3CCOCC3)cc2)N1. The fourth-order valence-electron chi connectivity index (χ4n) is 2.70. The fourth-order valence-corrected chi connectivity index (χ4v) is 2.70. The van der Waals surface area contributed by atoms with Crippen molar-refractivity contribution in [3.8, 4) is 0 Å². The van der Waals surface area contributed by atoms with E-state index in [1.165, 1.54) is 17.8 Å². The van der Waals surface area contributed by atoms with Gasteiger partial charge in [0.15, 0.2) is 5.70 Å². The molecule has 2 N–H and O–H groups in total. The fraction of sp³-hybridized carbons (Fsp3) is 0.353. The lowest BCUT2D eigenvalue weighted by molar-refractivity contribution is -0.460. The first-order valence-corrected chi connectivity index (χ1v) is 8.12. The van der Waals surface area contributed by atoms with E-state index in [0.717, 1.165) is 44.8 Å². The van der Waals surface area contributed by atoms with Gasteiger partial charge in [0.1, 0.15) is 10.8 Å². The van der Waals surface area contributed by atoms with E-state index in [0.29, 0.717) is 5.84 Å². The predicted molar refractivity (Wildman–Crippen MR) is 92.9 cm³/mol. The van der Waals surface area contributed by atoms with Crippen molar-refractivity contribution in [3.05, 3.63) is 69.4 Å². The number of ether oxygens (including phenoxy) is 1. The van der Waals surface area contributed by atoms with Crippen LogP contribution in [0.2, 0.25) is 0 Å². The van der Waals surface area contributed by atoms with Crippen LogP contribution in [0.15, 0.2) is 53.1 Å². The highest BCUT2D eigenvalue weighted by atomic mass is 16.7. The topological polar surface area (TPSA) is 100 Å². The number of amidine groups is 1. The minimum absolute atomic E-state index is 0.0198. The maximum Gasteiger partial charge on any atom is 0.449 e. The van der Waals surface area contributed by atoms with Crippen LogP contribution >= 0.6 is 0 Å². The largest absolute Gasteiger partial charge is 0.454 e. The van der Waals surface area contributed by atoms with Gasteiger partial charge in [-0.05, 0) is 18.1 Å². The summed E-state index contributed by atoms with van der Waals surface area (Å²) in [7, 11) is 0. The molecule has 1 aromatic rings. The zero-order chi connectivity index (χ0) is 17.6. The summed E-state index contributed by atoms with van der Waals surface area (Å²) in [6.07, 6.45) is 3.74. The molecule has 0 amide bonds. The van der Waals surface area contributed by atoms with Crippen LogP contribution in [0, 0.1) is 10.1 Å². The maximum absolute atomic E-state index is 10.7. The second kappa shape index (κ2) is 7.91. The van der Waals surface area contributed by atoms with Crippen LogP contribution in [0.4, 0.5) is 0 Å². The predicted octanol–water partition coefficient (Wildman–Crippen LogP) is 1.43. The first-order valence-electron chi connectivity index (χ1n) is 8.12. The van der Waals surface area contributed by atoms with Crippen molar-refractivity contribution in [2.45, 2.75) is 6.42 Å². The Hall–Kier alpha value is -2.71. The van der Waals surface area contributed by atoms with Crippen LogP contribution in [-0.2, 0) is 11.2 Å². The lowest BCUT2D eigenvalue weighted by Gasteiger charge is -2.26. The number of nitro groups is 1. The van der Waals surface area contributed by atoms with Crippen LogP contribution in [0.5, 0.6) is 0 Å². The normalized spacial score (nSPS) is 19.9. The van der Waals surface area contributed by atoms with Gasteiger partial charge in [0.25, 0.3) is 0 Å². The number of hydrogen-bond acceptors (Lipinski definition) is 7. The third-order valence-corrected chi connectivity index (χ3v) is 4.16. The van der Waals surface area contributed by atoms with Crippen molar-refractivity contribution in [2.24, 2.45) is 4.99 Å². The minimum atomic E-state index is -0.925. The second-order valence-corrected chi connectivity index (χ2v) is 5.81. The molecule has 8 nitrogen and oxygen atoms in total. The zero-order valence-corrected chi connectivity index (χ0v) is 13.7. The van der Waals surface area contributed by atoms with E-state index in [1.807, 2.05) is 24.3 Å². The molecule has 0 spiro atoms. The smallest absolute Gasteiger partial charge is 0.449 e. The van der Waals surface area contributed by atoms with Gasteiger partial charge < -0.3 is 15.2 Å². The number of morpholine rings is 1. The number of hydrogen-bond donors (Lipinski definition) is 2. The summed E-state index contributed by atoms with van der Waals surface area (Å²) >= 11 is 0. The number of aliphatic imine (C=N–C) groups is 1. The number of aliphatic hydroxyl groups is 1. The highest BCUT2D eigenvalue weighted by molar-refractivity contribution is 6.01. The monoisotopic (exact) mass is 344 g/mol. The number of nitrogens with zero attached hydrogens (tertiary/aromatic N) is 3. The van der Waals surface area contributed by atoms with Gasteiger partial charge in [-0.25, -0.2) is 4.99 Å². The molecule has 2 aliphatic heterocycles. The molecule has 0 unspecified atom stereocenters. The Morgan fingerprint density at radius 3 is 2.72 bits per heavy atom. The summed E-state index contributed by atoms with van der Waals surface area (Å²) in [6.45, 7) is 4.53. The molecule has 8 heteroatoms. The van der Waals surface area contributed by atoms with Crippen molar-refractivity contribution in [1.29, 1.82) is 0 Å². The zero-order valence-electron chi connectivity index (χ0n) is 13.7. The van der Waals surface area contributed by atoms with Crippen molar-refractivity contribution >= 4 is 5.84 Å². The van der Waals surface area contributed by atoms with Crippen molar-refractivity contribution in [3.63, 3.8) is 0 Å². The molecule has 0 saturated carbocycles. The van der Waals surface area contributed by atoms with E-state index in [9.17, 15) is 15.2 Å². The van der Waals surface area contributed by atoms with Crippen LogP contribution in [0.25, 0.3) is 0 Å². The third kappa shape index (κ3) is 4.43.